The molecule has 0 aliphatic carbocycles. The Morgan fingerprint density at radius 3 is 0.296 bits per heavy atom. The number of hydrogen-bond acceptors (Lipinski definition) is 18. The fraction of sp³-hybridized carbons (Fsp3) is 0. The van der Waals surface area contributed by atoms with Gasteiger partial charge in [0, 0.05) is 0 Å². The minimum atomic E-state index is -1.75. The Kier molecular flexibility index (Phi) is 103. The Morgan fingerprint density at radius 1 is 0.296 bits per heavy atom. The first-order chi connectivity index (χ1) is 10.4. The molecule has 0 aromatic carbocycles. The Morgan fingerprint density at radius 2 is 0.296 bits per heavy atom. The van der Waals surface area contributed by atoms with E-state index in [1.165, 1.54) is 0 Å². The van der Waals surface area contributed by atoms with Gasteiger partial charge in [0.25, 0.3) is 0 Å². The summed E-state index contributed by atoms with van der Waals surface area (Å²) in [5, 5.41) is 88.5. The van der Waals surface area contributed by atoms with Crippen LogP contribution in [-0.4, -0.2) is 36.0 Å². The van der Waals surface area contributed by atoms with Crippen molar-refractivity contribution in [3.8, 4) is 0 Å². The summed E-state index contributed by atoms with van der Waals surface area (Å²) in [6, 6.07) is 0. The Bertz CT molecular complexity index is 261. The molecule has 0 bridgehead atoms. The molecule has 0 fully saturated rings. The van der Waals surface area contributed by atoms with Gasteiger partial charge in [-0.2, -0.15) is 0 Å². The van der Waals surface area contributed by atoms with Gasteiger partial charge in [-0.05, 0) is 0 Å². The molecule has 0 unspecified atom stereocenters. The molecule has 27 heteroatoms. The quantitative estimate of drug-likeness (QED) is 0.191. The third-order valence-electron chi connectivity index (χ3n) is 0. The van der Waals surface area contributed by atoms with Gasteiger partial charge in [-0.3, -0.25) is 0 Å². The summed E-state index contributed by atoms with van der Waals surface area (Å²) >= 11 is 0. The van der Waals surface area contributed by atoms with Crippen molar-refractivity contribution in [2.45, 2.75) is 0 Å². The van der Waals surface area contributed by atoms with Crippen LogP contribution in [0.3, 0.4) is 0 Å². The van der Waals surface area contributed by atoms with E-state index in [9.17, 15) is 0 Å². The molecule has 25 nitrogen and oxygen atoms in total. The molecule has 0 amide bonds. The van der Waals surface area contributed by atoms with E-state index < -0.39 is 30.5 Å². The van der Waals surface area contributed by atoms with Gasteiger partial charge in [-0.1, -0.05) is 0 Å². The molecule has 0 saturated carbocycles. The summed E-state index contributed by atoms with van der Waals surface area (Å²) in [7, 11) is 0. The van der Waals surface area contributed by atoms with Crippen LogP contribution in [0.1, 0.15) is 0 Å². The van der Waals surface area contributed by atoms with Crippen molar-refractivity contribution in [1.29, 1.82) is 0 Å². The second kappa shape index (κ2) is 49.7. The Hall–Kier alpha value is -1.67. The van der Waals surface area contributed by atoms with Crippen molar-refractivity contribution in [3.05, 3.63) is 91.9 Å². The van der Waals surface area contributed by atoms with Crippen LogP contribution in [0.5, 0.6) is 0 Å². The van der Waals surface area contributed by atoms with E-state index >= 15 is 0 Å². The average Bonchev–Trinajstić information content (AvgIpc) is 2.08. The first kappa shape index (κ1) is 56.2. The molecule has 0 spiro atoms. The third kappa shape index (κ3) is 4340. The fourth-order valence-electron chi connectivity index (χ4n) is 0. The van der Waals surface area contributed by atoms with Gasteiger partial charge in [0.15, 0.2) is 0 Å². The van der Waals surface area contributed by atoms with Crippen molar-refractivity contribution in [1.82, 2.24) is 0 Å². The summed E-state index contributed by atoms with van der Waals surface area (Å²) in [6.45, 7) is 0. The van der Waals surface area contributed by atoms with Crippen LogP contribution >= 0.6 is 0 Å². The van der Waals surface area contributed by atoms with E-state index in [1.54, 1.807) is 0 Å². The molecule has 0 aromatic heterocycles. The Balaban J connectivity index is -0.0000000201. The van der Waals surface area contributed by atoms with Crippen molar-refractivity contribution < 1.29 is 135 Å². The van der Waals surface area contributed by atoms with Gasteiger partial charge in [-0.15, -0.1) is 0 Å². The molecular formula is H2Eu2N6O19. The van der Waals surface area contributed by atoms with Crippen molar-refractivity contribution in [3.63, 3.8) is 0 Å². The van der Waals surface area contributed by atoms with Gasteiger partial charge in [0.2, 0.25) is 0 Å². The zero-order chi connectivity index (χ0) is 21.5. The zero-order valence-corrected chi connectivity index (χ0v) is 16.1. The van der Waals surface area contributed by atoms with Gasteiger partial charge < -0.3 is 97.4 Å². The standard InChI is InChI=1S/2Eu.6NO3.H2O/c;;6*2-1(3)4;/h;;;;;;;;1H2/q2*+3;6*-1;. The van der Waals surface area contributed by atoms with Crippen molar-refractivity contribution in [2.24, 2.45) is 0 Å². The molecule has 160 valence electrons. The fourth-order valence-corrected chi connectivity index (χ4v) is 0. The van der Waals surface area contributed by atoms with E-state index in [-0.39, 0.29) is 104 Å². The van der Waals surface area contributed by atoms with Crippen LogP contribution in [0.15, 0.2) is 0 Å². The molecule has 0 atom stereocenters. The predicted molar refractivity (Wildman–Crippen MR) is 65.8 cm³/mol. The summed E-state index contributed by atoms with van der Waals surface area (Å²) in [5.41, 5.74) is 0. The van der Waals surface area contributed by atoms with Gasteiger partial charge in [0.05, 0.1) is 30.5 Å². The molecule has 2 N–H and O–H groups in total. The molecule has 0 heterocycles. The summed E-state index contributed by atoms with van der Waals surface area (Å²) in [5.74, 6) is 0. The van der Waals surface area contributed by atoms with E-state index in [0.717, 1.165) is 0 Å². The largest absolute Gasteiger partial charge is 3.00 e. The normalized spacial score (nSPS) is 5.33. The summed E-state index contributed by atoms with van der Waals surface area (Å²) in [4.78, 5) is 49.5. The summed E-state index contributed by atoms with van der Waals surface area (Å²) < 4.78 is 0. The molecule has 0 rings (SSSR count). The maximum absolute atomic E-state index is 8.25. The zero-order valence-electron chi connectivity index (χ0n) is 11.3. The molecule has 0 aliphatic heterocycles. The molecule has 0 saturated heterocycles. The number of nitrogens with zero attached hydrogens (tertiary/aromatic N) is 6. The molecular weight excluding hydrogens is 692 g/mol. The maximum Gasteiger partial charge on any atom is 3.00 e. The van der Waals surface area contributed by atoms with Crippen LogP contribution in [-0.2, 0) is 0 Å². The molecule has 0 aromatic rings. The smallest absolute Gasteiger partial charge is 0.412 e. The number of rotatable bonds is 0. The molecule has 0 radical (unpaired) electrons. The summed E-state index contributed by atoms with van der Waals surface area (Å²) in [6.07, 6.45) is 0. The van der Waals surface area contributed by atoms with Gasteiger partial charge in [-0.25, -0.2) is 0 Å². The van der Waals surface area contributed by atoms with E-state index in [0.29, 0.717) is 0 Å². The monoisotopic (exact) mass is 696 g/mol. The SMILES string of the molecule is O.O=[N+]([O-])[O-].O=[N+]([O-])[O-].O=[N+]([O-])[O-].O=[N+]([O-])[O-].O=[N+]([O-])[O-].O=[N+]([O-])[O-].[Eu+3].[Eu+3]. The van der Waals surface area contributed by atoms with E-state index in [4.69, 9.17) is 91.9 Å². The van der Waals surface area contributed by atoms with Crippen molar-refractivity contribution >= 4 is 0 Å². The molecule has 0 aliphatic rings. The van der Waals surface area contributed by atoms with Crippen LogP contribution in [0.4, 0.5) is 0 Å². The minimum absolute atomic E-state index is 0. The average molecular weight is 694 g/mol. The van der Waals surface area contributed by atoms with E-state index in [2.05, 4.69) is 0 Å². The first-order valence-electron chi connectivity index (χ1n) is 3.29. The first-order valence-corrected chi connectivity index (χ1v) is 3.29. The van der Waals surface area contributed by atoms with Crippen LogP contribution in [0.2, 0.25) is 0 Å². The second-order valence-corrected chi connectivity index (χ2v) is 1.34. The maximum atomic E-state index is 8.25. The Labute approximate surface area is 223 Å². The van der Waals surface area contributed by atoms with Crippen LogP contribution < -0.4 is 0 Å². The van der Waals surface area contributed by atoms with Crippen molar-refractivity contribution in [2.75, 3.05) is 0 Å². The second-order valence-electron chi connectivity index (χ2n) is 1.34. The predicted octanol–water partition coefficient (Wildman–Crippen LogP) is -2.26. The van der Waals surface area contributed by atoms with E-state index in [1.807, 2.05) is 0 Å². The molecule has 27 heavy (non-hydrogen) atoms. The minimum Gasteiger partial charge on any atom is -0.412 e. The number of hydrogen-bond donors (Lipinski definition) is 0. The van der Waals surface area contributed by atoms with Gasteiger partial charge in [0.1, 0.15) is 0 Å². The van der Waals surface area contributed by atoms with Crippen LogP contribution in [0.25, 0.3) is 0 Å². The topological polar surface area (TPSA) is 429 Å². The van der Waals surface area contributed by atoms with Gasteiger partial charge >= 0.3 is 98.8 Å². The van der Waals surface area contributed by atoms with Crippen LogP contribution in [0, 0.1) is 191 Å². The third-order valence-corrected chi connectivity index (χ3v) is 0.